The van der Waals surface area contributed by atoms with Crippen LogP contribution >= 0.6 is 0 Å². The summed E-state index contributed by atoms with van der Waals surface area (Å²) in [5, 5.41) is 7.42. The molecule has 1 atom stereocenters. The summed E-state index contributed by atoms with van der Waals surface area (Å²) in [6, 6.07) is 5.34. The Morgan fingerprint density at radius 3 is 2.84 bits per heavy atom. The van der Waals surface area contributed by atoms with Gasteiger partial charge in [-0.05, 0) is 38.0 Å². The molecule has 132 valence electrons. The molecule has 0 radical (unpaired) electrons. The first-order valence-electron chi connectivity index (χ1n) is 8.25. The van der Waals surface area contributed by atoms with Crippen molar-refractivity contribution in [3.05, 3.63) is 41.4 Å². The Hall–Kier alpha value is -2.83. The number of rotatable bonds is 6. The van der Waals surface area contributed by atoms with Gasteiger partial charge >= 0.3 is 0 Å². The van der Waals surface area contributed by atoms with Crippen molar-refractivity contribution in [1.82, 2.24) is 14.8 Å². The number of nitrogens with one attached hydrogen (secondary N) is 1. The predicted octanol–water partition coefficient (Wildman–Crippen LogP) is 2.95. The number of nitrogens with zero attached hydrogens (tertiary/aromatic N) is 3. The average Bonchev–Trinajstić information content (AvgIpc) is 3.06. The molecule has 3 rings (SSSR count). The highest BCUT2D eigenvalue weighted by Crippen LogP contribution is 2.38. The number of ether oxygens (including phenoxy) is 2. The number of aromatic nitrogens is 3. The van der Waals surface area contributed by atoms with Gasteiger partial charge in [0, 0.05) is 11.3 Å². The third-order valence-corrected chi connectivity index (χ3v) is 4.14. The predicted molar refractivity (Wildman–Crippen MR) is 93.9 cm³/mol. The number of methoxy groups -OCH3 is 1. The van der Waals surface area contributed by atoms with Crippen LogP contribution in [0, 0.1) is 0 Å². The minimum atomic E-state index is -0.356. The Morgan fingerprint density at radius 2 is 2.16 bits per heavy atom. The lowest BCUT2D eigenvalue weighted by atomic mass is 9.93. The summed E-state index contributed by atoms with van der Waals surface area (Å²) in [7, 11) is 1.61. The molecule has 7 nitrogen and oxygen atoms in total. The second-order valence-corrected chi connectivity index (χ2v) is 5.91. The lowest BCUT2D eigenvalue weighted by Crippen LogP contribution is -2.27. The Morgan fingerprint density at radius 1 is 1.36 bits per heavy atom. The smallest absolute Gasteiger partial charge is 0.226 e. The molecule has 0 bridgehead atoms. The van der Waals surface area contributed by atoms with Gasteiger partial charge in [-0.25, -0.2) is 4.68 Å². The van der Waals surface area contributed by atoms with Crippen molar-refractivity contribution in [2.75, 3.05) is 19.0 Å². The fourth-order valence-corrected chi connectivity index (χ4v) is 3.04. The van der Waals surface area contributed by atoms with Gasteiger partial charge in [-0.2, -0.15) is 10.1 Å². The third kappa shape index (κ3) is 3.09. The van der Waals surface area contributed by atoms with Gasteiger partial charge in [-0.15, -0.1) is 0 Å². The molecule has 0 saturated heterocycles. The molecule has 0 unspecified atom stereocenters. The molecule has 1 N–H and O–H groups in total. The van der Waals surface area contributed by atoms with Gasteiger partial charge in [0.1, 0.15) is 12.4 Å². The molecule has 0 spiro atoms. The molecule has 2 heterocycles. The molecule has 2 aromatic rings. The minimum absolute atomic E-state index is 0.0126. The monoisotopic (exact) mass is 342 g/mol. The topological polar surface area (TPSA) is 78.3 Å². The van der Waals surface area contributed by atoms with Crippen LogP contribution in [0.15, 0.2) is 35.8 Å². The van der Waals surface area contributed by atoms with Gasteiger partial charge < -0.3 is 14.8 Å². The van der Waals surface area contributed by atoms with E-state index in [0.717, 1.165) is 17.7 Å². The van der Waals surface area contributed by atoms with E-state index in [9.17, 15) is 4.79 Å². The minimum Gasteiger partial charge on any atom is -0.493 e. The maximum atomic E-state index is 12.3. The molecule has 0 amide bonds. The molecule has 1 aliphatic heterocycles. The zero-order chi connectivity index (χ0) is 18.0. The summed E-state index contributed by atoms with van der Waals surface area (Å²) in [4.78, 5) is 16.5. The molecular formula is C18H22N4O3. The van der Waals surface area contributed by atoms with Crippen LogP contribution < -0.4 is 14.8 Å². The van der Waals surface area contributed by atoms with E-state index < -0.39 is 0 Å². The van der Waals surface area contributed by atoms with Crippen LogP contribution in [0.2, 0.25) is 0 Å². The highest BCUT2D eigenvalue weighted by Gasteiger charge is 2.32. The van der Waals surface area contributed by atoms with E-state index in [-0.39, 0.29) is 11.8 Å². The second-order valence-electron chi connectivity index (χ2n) is 5.91. The quantitative estimate of drug-likeness (QED) is 0.869. The van der Waals surface area contributed by atoms with Crippen LogP contribution in [-0.4, -0.2) is 34.3 Å². The lowest BCUT2D eigenvalue weighted by Gasteiger charge is -2.28. The van der Waals surface area contributed by atoms with Crippen molar-refractivity contribution in [3.63, 3.8) is 0 Å². The van der Waals surface area contributed by atoms with E-state index >= 15 is 0 Å². The fourth-order valence-electron chi connectivity index (χ4n) is 3.04. The van der Waals surface area contributed by atoms with Crippen LogP contribution in [0.4, 0.5) is 5.95 Å². The number of hydrogen-bond acceptors (Lipinski definition) is 6. The number of ketones is 1. The Labute approximate surface area is 146 Å². The number of benzene rings is 1. The summed E-state index contributed by atoms with van der Waals surface area (Å²) in [5.74, 6) is 1.91. The molecule has 7 heteroatoms. The molecular weight excluding hydrogens is 320 g/mol. The van der Waals surface area contributed by atoms with E-state index in [0.29, 0.717) is 29.6 Å². The molecule has 0 saturated carbocycles. The average molecular weight is 342 g/mol. The van der Waals surface area contributed by atoms with Crippen molar-refractivity contribution < 1.29 is 14.3 Å². The highest BCUT2D eigenvalue weighted by atomic mass is 16.5. The van der Waals surface area contributed by atoms with E-state index in [1.165, 1.54) is 6.33 Å². The first-order chi connectivity index (χ1) is 12.1. The van der Waals surface area contributed by atoms with Crippen molar-refractivity contribution >= 4 is 11.7 Å². The van der Waals surface area contributed by atoms with Gasteiger partial charge in [-0.3, -0.25) is 4.79 Å². The number of anilines is 1. The van der Waals surface area contributed by atoms with Crippen molar-refractivity contribution in [2.24, 2.45) is 0 Å². The maximum Gasteiger partial charge on any atom is 0.226 e. The molecule has 1 aromatic carbocycles. The Balaban J connectivity index is 2.09. The van der Waals surface area contributed by atoms with Crippen LogP contribution in [-0.2, 0) is 4.79 Å². The number of carbonyl (C=O) groups is 1. The first-order valence-corrected chi connectivity index (χ1v) is 8.25. The Bertz CT molecular complexity index is 825. The largest absolute Gasteiger partial charge is 0.493 e. The van der Waals surface area contributed by atoms with Crippen LogP contribution in [0.25, 0.3) is 0 Å². The zero-order valence-electron chi connectivity index (χ0n) is 14.9. The van der Waals surface area contributed by atoms with Gasteiger partial charge in [0.05, 0.1) is 13.7 Å². The highest BCUT2D eigenvalue weighted by molar-refractivity contribution is 5.96. The molecule has 25 heavy (non-hydrogen) atoms. The summed E-state index contributed by atoms with van der Waals surface area (Å²) in [6.45, 7) is 6.10. The second kappa shape index (κ2) is 6.96. The number of carbonyl (C=O) groups excluding carboxylic acids is 1. The molecule has 1 aliphatic rings. The van der Waals surface area contributed by atoms with E-state index in [4.69, 9.17) is 9.47 Å². The van der Waals surface area contributed by atoms with Crippen molar-refractivity contribution in [3.8, 4) is 11.5 Å². The van der Waals surface area contributed by atoms with Gasteiger partial charge in [0.15, 0.2) is 17.3 Å². The summed E-state index contributed by atoms with van der Waals surface area (Å²) >= 11 is 0. The van der Waals surface area contributed by atoms with Crippen molar-refractivity contribution in [2.45, 2.75) is 33.2 Å². The standard InChI is InChI=1S/C18H22N4O3/c1-5-8-25-14-7-6-13(9-15(14)24-4)17-16(12(3)23)11(2)21-18-19-10-20-22(17)18/h6-7,9-10,17H,5,8H2,1-4H3,(H,19,20,21)/t17-/m1/s1. The summed E-state index contributed by atoms with van der Waals surface area (Å²) in [6.07, 6.45) is 2.39. The zero-order valence-corrected chi connectivity index (χ0v) is 14.9. The van der Waals surface area contributed by atoms with Crippen LogP contribution in [0.1, 0.15) is 38.8 Å². The summed E-state index contributed by atoms with van der Waals surface area (Å²) in [5.41, 5.74) is 2.32. The number of fused-ring (bicyclic) bond motifs is 1. The van der Waals surface area contributed by atoms with Crippen LogP contribution in [0.3, 0.4) is 0 Å². The van der Waals surface area contributed by atoms with Gasteiger partial charge in [-0.1, -0.05) is 13.0 Å². The molecule has 1 aromatic heterocycles. The number of allylic oxidation sites excluding steroid dienone is 2. The Kier molecular flexibility index (Phi) is 4.74. The van der Waals surface area contributed by atoms with Gasteiger partial charge in [0.25, 0.3) is 0 Å². The fraction of sp³-hybridized carbons (Fsp3) is 0.389. The maximum absolute atomic E-state index is 12.3. The SMILES string of the molecule is CCCOc1ccc([C@@H]2C(C(C)=O)=C(C)Nc3ncnn32)cc1OC. The van der Waals surface area contributed by atoms with E-state index in [1.54, 1.807) is 18.7 Å². The molecule has 0 fully saturated rings. The normalized spacial score (nSPS) is 16.2. The summed E-state index contributed by atoms with van der Waals surface area (Å²) < 4.78 is 12.9. The first kappa shape index (κ1) is 17.0. The van der Waals surface area contributed by atoms with Crippen LogP contribution in [0.5, 0.6) is 11.5 Å². The van der Waals surface area contributed by atoms with Crippen molar-refractivity contribution in [1.29, 1.82) is 0 Å². The third-order valence-electron chi connectivity index (χ3n) is 4.14. The van der Waals surface area contributed by atoms with E-state index in [2.05, 4.69) is 22.3 Å². The van der Waals surface area contributed by atoms with Gasteiger partial charge in [0.2, 0.25) is 5.95 Å². The lowest BCUT2D eigenvalue weighted by molar-refractivity contribution is -0.114. The number of Topliss-reactive ketones (excluding diaryl/α,β-unsaturated/α-hetero) is 1. The number of hydrogen-bond donors (Lipinski definition) is 1. The van der Waals surface area contributed by atoms with E-state index in [1.807, 2.05) is 25.1 Å². The molecule has 0 aliphatic carbocycles.